The zero-order valence-electron chi connectivity index (χ0n) is 10.4. The second kappa shape index (κ2) is 6.15. The third-order valence-corrected chi connectivity index (χ3v) is 2.42. The van der Waals surface area contributed by atoms with Gasteiger partial charge in [0.05, 0.1) is 6.61 Å². The first-order valence-electron chi connectivity index (χ1n) is 5.45. The number of benzene rings is 1. The van der Waals surface area contributed by atoms with Crippen LogP contribution in [-0.2, 0) is 9.53 Å². The summed E-state index contributed by atoms with van der Waals surface area (Å²) in [4.78, 5) is 23.4. The summed E-state index contributed by atoms with van der Waals surface area (Å²) < 4.78 is 4.79. The number of ether oxygens (including phenoxy) is 1. The lowest BCUT2D eigenvalue weighted by Crippen LogP contribution is -2.33. The van der Waals surface area contributed by atoms with E-state index in [9.17, 15) is 9.59 Å². The Hall–Kier alpha value is -1.68. The summed E-state index contributed by atoms with van der Waals surface area (Å²) in [5.74, 6) is -1.09. The Morgan fingerprint density at radius 2 is 2.00 bits per heavy atom. The van der Waals surface area contributed by atoms with Crippen LogP contribution in [0.25, 0.3) is 0 Å². The molecule has 1 rings (SSSR count). The molecule has 0 heterocycles. The molecule has 4 heteroatoms. The molecule has 17 heavy (non-hydrogen) atoms. The van der Waals surface area contributed by atoms with Crippen LogP contribution in [0.3, 0.4) is 0 Å². The predicted molar refractivity (Wildman–Crippen MR) is 65.1 cm³/mol. The molecule has 0 aliphatic rings. The highest BCUT2D eigenvalue weighted by Crippen LogP contribution is 2.11. The van der Waals surface area contributed by atoms with Crippen molar-refractivity contribution in [3.05, 3.63) is 34.9 Å². The molecule has 92 valence electrons. The Labute approximate surface area is 101 Å². The molecule has 0 aliphatic heterocycles. The second-order valence-corrected chi connectivity index (χ2v) is 3.90. The maximum Gasteiger partial charge on any atom is 0.292 e. The van der Waals surface area contributed by atoms with Crippen LogP contribution < -0.4 is 5.32 Å². The van der Waals surface area contributed by atoms with Crippen LogP contribution in [0.2, 0.25) is 0 Å². The molecule has 0 aliphatic carbocycles. The van der Waals surface area contributed by atoms with E-state index >= 15 is 0 Å². The number of aryl methyl sites for hydroxylation is 2. The number of carbonyl (C=O) groups is 2. The van der Waals surface area contributed by atoms with E-state index in [0.717, 1.165) is 11.1 Å². The summed E-state index contributed by atoms with van der Waals surface area (Å²) in [6.07, 6.45) is 0. The molecule has 4 nitrogen and oxygen atoms in total. The van der Waals surface area contributed by atoms with Crippen LogP contribution in [0, 0.1) is 13.8 Å². The first-order valence-corrected chi connectivity index (χ1v) is 5.45. The Morgan fingerprint density at radius 3 is 2.59 bits per heavy atom. The van der Waals surface area contributed by atoms with Crippen molar-refractivity contribution < 1.29 is 14.3 Å². The van der Waals surface area contributed by atoms with E-state index in [1.807, 2.05) is 26.0 Å². The molecule has 0 fully saturated rings. The summed E-state index contributed by atoms with van der Waals surface area (Å²) in [6, 6.07) is 5.39. The Morgan fingerprint density at radius 1 is 1.29 bits per heavy atom. The number of methoxy groups -OCH3 is 1. The molecule has 0 atom stereocenters. The number of amides is 1. The highest BCUT2D eigenvalue weighted by Gasteiger charge is 2.17. The van der Waals surface area contributed by atoms with E-state index in [-0.39, 0.29) is 0 Å². The van der Waals surface area contributed by atoms with Crippen LogP contribution >= 0.6 is 0 Å². The topological polar surface area (TPSA) is 55.4 Å². The monoisotopic (exact) mass is 235 g/mol. The van der Waals surface area contributed by atoms with E-state index in [4.69, 9.17) is 4.74 Å². The minimum Gasteiger partial charge on any atom is -0.383 e. The summed E-state index contributed by atoms with van der Waals surface area (Å²) >= 11 is 0. The smallest absolute Gasteiger partial charge is 0.292 e. The second-order valence-electron chi connectivity index (χ2n) is 3.90. The van der Waals surface area contributed by atoms with E-state index in [1.165, 1.54) is 7.11 Å². The van der Waals surface area contributed by atoms with Crippen molar-refractivity contribution in [1.29, 1.82) is 0 Å². The van der Waals surface area contributed by atoms with Crippen molar-refractivity contribution in [1.82, 2.24) is 5.32 Å². The summed E-state index contributed by atoms with van der Waals surface area (Å²) in [5.41, 5.74) is 2.33. The molecule has 1 aromatic carbocycles. The quantitative estimate of drug-likeness (QED) is 0.475. The van der Waals surface area contributed by atoms with Crippen molar-refractivity contribution in [3.8, 4) is 0 Å². The molecule has 0 bridgehead atoms. The average Bonchev–Trinajstić information content (AvgIpc) is 2.28. The Kier molecular flexibility index (Phi) is 4.84. The number of hydrogen-bond donors (Lipinski definition) is 1. The number of rotatable bonds is 5. The SMILES string of the molecule is COCCNC(=O)C(=O)c1ccc(C)cc1C. The van der Waals surface area contributed by atoms with Crippen LogP contribution in [0.4, 0.5) is 0 Å². The Balaban J connectivity index is 2.72. The summed E-state index contributed by atoms with van der Waals surface area (Å²) in [5, 5.41) is 2.51. The van der Waals surface area contributed by atoms with Gasteiger partial charge in [-0.25, -0.2) is 0 Å². The lowest BCUT2D eigenvalue weighted by Gasteiger charge is -2.06. The third kappa shape index (κ3) is 3.67. The van der Waals surface area contributed by atoms with Gasteiger partial charge in [-0.3, -0.25) is 9.59 Å². The summed E-state index contributed by atoms with van der Waals surface area (Å²) in [6.45, 7) is 4.50. The van der Waals surface area contributed by atoms with E-state index in [0.29, 0.717) is 18.7 Å². The maximum atomic E-state index is 11.8. The number of hydrogen-bond acceptors (Lipinski definition) is 3. The largest absolute Gasteiger partial charge is 0.383 e. The maximum absolute atomic E-state index is 11.8. The number of nitrogens with one attached hydrogen (secondary N) is 1. The number of carbonyl (C=O) groups excluding carboxylic acids is 2. The fraction of sp³-hybridized carbons (Fsp3) is 0.385. The molecule has 1 N–H and O–H groups in total. The fourth-order valence-corrected chi connectivity index (χ4v) is 1.54. The fourth-order valence-electron chi connectivity index (χ4n) is 1.54. The van der Waals surface area contributed by atoms with Gasteiger partial charge in [0.2, 0.25) is 5.78 Å². The lowest BCUT2D eigenvalue weighted by molar-refractivity contribution is -0.117. The van der Waals surface area contributed by atoms with Crippen molar-refractivity contribution >= 4 is 11.7 Å². The van der Waals surface area contributed by atoms with Crippen molar-refractivity contribution in [2.45, 2.75) is 13.8 Å². The molecule has 0 spiro atoms. The van der Waals surface area contributed by atoms with Crippen molar-refractivity contribution in [2.75, 3.05) is 20.3 Å². The van der Waals surface area contributed by atoms with Gasteiger partial charge in [0.15, 0.2) is 0 Å². The van der Waals surface area contributed by atoms with Crippen LogP contribution in [0.5, 0.6) is 0 Å². The summed E-state index contributed by atoms with van der Waals surface area (Å²) in [7, 11) is 1.54. The van der Waals surface area contributed by atoms with E-state index < -0.39 is 11.7 Å². The zero-order chi connectivity index (χ0) is 12.8. The first-order chi connectivity index (χ1) is 8.06. The van der Waals surface area contributed by atoms with Gasteiger partial charge in [-0.1, -0.05) is 23.8 Å². The minimum absolute atomic E-state index is 0.339. The van der Waals surface area contributed by atoms with E-state index in [1.54, 1.807) is 6.07 Å². The molecule has 0 unspecified atom stereocenters. The van der Waals surface area contributed by atoms with Crippen LogP contribution in [0.15, 0.2) is 18.2 Å². The molecular formula is C13H17NO3. The van der Waals surface area contributed by atoms with E-state index in [2.05, 4.69) is 5.32 Å². The zero-order valence-corrected chi connectivity index (χ0v) is 10.4. The lowest BCUT2D eigenvalue weighted by atomic mass is 10.0. The van der Waals surface area contributed by atoms with Crippen LogP contribution in [0.1, 0.15) is 21.5 Å². The third-order valence-electron chi connectivity index (χ3n) is 2.42. The molecule has 1 aromatic rings. The molecular weight excluding hydrogens is 218 g/mol. The predicted octanol–water partition coefficient (Wildman–Crippen LogP) is 1.25. The van der Waals surface area contributed by atoms with Crippen molar-refractivity contribution in [2.24, 2.45) is 0 Å². The van der Waals surface area contributed by atoms with Gasteiger partial charge >= 0.3 is 0 Å². The normalized spacial score (nSPS) is 10.1. The van der Waals surface area contributed by atoms with Gasteiger partial charge in [-0.2, -0.15) is 0 Å². The van der Waals surface area contributed by atoms with Crippen LogP contribution in [-0.4, -0.2) is 32.0 Å². The minimum atomic E-state index is -0.589. The van der Waals surface area contributed by atoms with Gasteiger partial charge in [-0.15, -0.1) is 0 Å². The highest BCUT2D eigenvalue weighted by atomic mass is 16.5. The van der Waals surface area contributed by atoms with Gasteiger partial charge in [-0.05, 0) is 19.4 Å². The molecule has 0 aromatic heterocycles. The first kappa shape index (κ1) is 13.4. The van der Waals surface area contributed by atoms with Gasteiger partial charge in [0.1, 0.15) is 0 Å². The number of Topliss-reactive ketones (excluding diaryl/α,β-unsaturated/α-hetero) is 1. The molecule has 0 saturated carbocycles. The highest BCUT2D eigenvalue weighted by molar-refractivity contribution is 6.43. The number of ketones is 1. The standard InChI is InChI=1S/C13H17NO3/c1-9-4-5-11(10(2)8-9)12(15)13(16)14-6-7-17-3/h4-5,8H,6-7H2,1-3H3,(H,14,16). The van der Waals surface area contributed by atoms with Gasteiger partial charge in [0, 0.05) is 19.2 Å². The molecule has 0 radical (unpaired) electrons. The molecule has 0 saturated heterocycles. The van der Waals surface area contributed by atoms with Crippen molar-refractivity contribution in [3.63, 3.8) is 0 Å². The Bertz CT molecular complexity index is 427. The van der Waals surface area contributed by atoms with Gasteiger partial charge < -0.3 is 10.1 Å². The van der Waals surface area contributed by atoms with Gasteiger partial charge in [0.25, 0.3) is 5.91 Å². The molecule has 1 amide bonds. The average molecular weight is 235 g/mol.